The molecule has 0 bridgehead atoms. The largest absolute Gasteiger partial charge is 0.459 e. The fraction of sp³-hybridized carbons (Fsp3) is 0.524. The first-order chi connectivity index (χ1) is 13.0. The molecule has 146 valence electrons. The number of allylic oxidation sites excluding steroid dienone is 1. The molecule has 1 aromatic rings. The van der Waals surface area contributed by atoms with Crippen LogP contribution in [0.25, 0.3) is 0 Å². The van der Waals surface area contributed by atoms with E-state index in [0.717, 1.165) is 25.7 Å². The zero-order valence-corrected chi connectivity index (χ0v) is 17.0. The van der Waals surface area contributed by atoms with Crippen LogP contribution in [0.5, 0.6) is 0 Å². The summed E-state index contributed by atoms with van der Waals surface area (Å²) in [5.41, 5.74) is 1.69. The van der Waals surface area contributed by atoms with Gasteiger partial charge in [0, 0.05) is 18.0 Å². The minimum absolute atomic E-state index is 0.0637. The number of esters is 1. The van der Waals surface area contributed by atoms with Gasteiger partial charge in [-0.3, -0.25) is 4.79 Å². The number of carbonyl (C=O) groups is 2. The third-order valence-corrected chi connectivity index (χ3v) is 6.21. The van der Waals surface area contributed by atoms with E-state index in [0.29, 0.717) is 26.9 Å². The average molecular weight is 410 g/mol. The van der Waals surface area contributed by atoms with Crippen LogP contribution < -0.4 is 5.32 Å². The monoisotopic (exact) mass is 409 g/mol. The second-order valence-electron chi connectivity index (χ2n) is 7.36. The van der Waals surface area contributed by atoms with E-state index in [1.165, 1.54) is 19.3 Å². The van der Waals surface area contributed by atoms with Gasteiger partial charge in [0.25, 0.3) is 0 Å². The van der Waals surface area contributed by atoms with Gasteiger partial charge in [-0.25, -0.2) is 4.79 Å². The van der Waals surface area contributed by atoms with Crippen molar-refractivity contribution in [2.45, 2.75) is 70.3 Å². The lowest BCUT2D eigenvalue weighted by atomic mass is 9.84. The van der Waals surface area contributed by atoms with Gasteiger partial charge in [0.2, 0.25) is 5.91 Å². The zero-order valence-electron chi connectivity index (χ0n) is 15.5. The van der Waals surface area contributed by atoms with Crippen LogP contribution in [0.15, 0.2) is 29.5 Å². The molecule has 0 aromatic heterocycles. The van der Waals surface area contributed by atoms with Crippen LogP contribution in [0.4, 0.5) is 0 Å². The van der Waals surface area contributed by atoms with E-state index in [1.807, 2.05) is 6.07 Å². The van der Waals surface area contributed by atoms with E-state index in [4.69, 9.17) is 27.9 Å². The third-order valence-electron chi connectivity index (χ3n) is 5.37. The van der Waals surface area contributed by atoms with Crippen molar-refractivity contribution < 1.29 is 14.3 Å². The number of rotatable bonds is 3. The Labute approximate surface area is 170 Å². The highest BCUT2D eigenvalue weighted by Gasteiger charge is 2.35. The van der Waals surface area contributed by atoms with Crippen LogP contribution in [-0.2, 0) is 14.3 Å². The average Bonchev–Trinajstić information content (AvgIpc) is 2.58. The molecule has 0 saturated heterocycles. The molecule has 2 aliphatic rings. The fourth-order valence-corrected chi connectivity index (χ4v) is 4.42. The zero-order chi connectivity index (χ0) is 19.4. The SMILES string of the molecule is CC1=C(C(=O)OC2CCCCCCC2)[C@H](c2cccc(Cl)c2Cl)CC(=O)N1. The predicted molar refractivity (Wildman–Crippen MR) is 107 cm³/mol. The Balaban J connectivity index is 1.87. The van der Waals surface area contributed by atoms with Gasteiger partial charge in [0.15, 0.2) is 0 Å². The van der Waals surface area contributed by atoms with Crippen molar-refractivity contribution >= 4 is 35.1 Å². The van der Waals surface area contributed by atoms with E-state index < -0.39 is 5.92 Å². The molecule has 3 rings (SSSR count). The highest BCUT2D eigenvalue weighted by molar-refractivity contribution is 6.42. The van der Waals surface area contributed by atoms with Gasteiger partial charge in [0.1, 0.15) is 6.10 Å². The summed E-state index contributed by atoms with van der Waals surface area (Å²) in [6.07, 6.45) is 7.66. The summed E-state index contributed by atoms with van der Waals surface area (Å²) in [5, 5.41) is 3.55. The van der Waals surface area contributed by atoms with Gasteiger partial charge >= 0.3 is 5.97 Å². The van der Waals surface area contributed by atoms with Crippen LogP contribution in [0, 0.1) is 0 Å². The molecule has 0 radical (unpaired) electrons. The molecule has 1 saturated carbocycles. The maximum absolute atomic E-state index is 13.1. The Morgan fingerprint density at radius 2 is 1.78 bits per heavy atom. The van der Waals surface area contributed by atoms with Crippen molar-refractivity contribution in [2.24, 2.45) is 0 Å². The van der Waals surface area contributed by atoms with E-state index in [9.17, 15) is 9.59 Å². The highest BCUT2D eigenvalue weighted by atomic mass is 35.5. The Bertz CT molecular complexity index is 752. The minimum atomic E-state index is -0.453. The number of hydrogen-bond acceptors (Lipinski definition) is 3. The van der Waals surface area contributed by atoms with Crippen LogP contribution in [0.3, 0.4) is 0 Å². The molecule has 1 amide bonds. The number of halogens is 2. The van der Waals surface area contributed by atoms with Crippen molar-refractivity contribution in [3.63, 3.8) is 0 Å². The predicted octanol–water partition coefficient (Wildman–Crippen LogP) is 5.53. The molecule has 1 aliphatic heterocycles. The van der Waals surface area contributed by atoms with E-state index in [1.54, 1.807) is 19.1 Å². The molecule has 27 heavy (non-hydrogen) atoms. The van der Waals surface area contributed by atoms with Crippen LogP contribution >= 0.6 is 23.2 Å². The maximum atomic E-state index is 13.1. The first-order valence-corrected chi connectivity index (χ1v) is 10.4. The molecule has 4 nitrogen and oxygen atoms in total. The summed E-state index contributed by atoms with van der Waals surface area (Å²) in [6.45, 7) is 1.73. The van der Waals surface area contributed by atoms with E-state index in [2.05, 4.69) is 5.32 Å². The topological polar surface area (TPSA) is 55.4 Å². The number of hydrogen-bond donors (Lipinski definition) is 1. The molecule has 1 aliphatic carbocycles. The summed E-state index contributed by atoms with van der Waals surface area (Å²) < 4.78 is 5.87. The normalized spacial score (nSPS) is 22.0. The van der Waals surface area contributed by atoms with Crippen molar-refractivity contribution in [2.75, 3.05) is 0 Å². The van der Waals surface area contributed by atoms with Crippen molar-refractivity contribution in [1.29, 1.82) is 0 Å². The van der Waals surface area contributed by atoms with Gasteiger partial charge in [-0.05, 0) is 44.2 Å². The smallest absolute Gasteiger partial charge is 0.336 e. The lowest BCUT2D eigenvalue weighted by Crippen LogP contribution is -2.35. The molecule has 1 aromatic carbocycles. The Morgan fingerprint density at radius 3 is 2.48 bits per heavy atom. The second kappa shape index (κ2) is 9.11. The van der Waals surface area contributed by atoms with Crippen molar-refractivity contribution in [1.82, 2.24) is 5.32 Å². The summed E-state index contributed by atoms with van der Waals surface area (Å²) in [4.78, 5) is 25.2. The standard InChI is InChI=1S/C21H25Cl2NO3/c1-13-19(21(26)27-14-8-5-3-2-4-6-9-14)16(12-18(25)24-13)15-10-7-11-17(22)20(15)23/h7,10-11,14,16H,2-6,8-9,12H2,1H3,(H,24,25)/t16-/m0/s1. The third kappa shape index (κ3) is 4.85. The molecule has 0 spiro atoms. The van der Waals surface area contributed by atoms with Gasteiger partial charge in [-0.1, -0.05) is 54.6 Å². The number of amides is 1. The van der Waals surface area contributed by atoms with Gasteiger partial charge < -0.3 is 10.1 Å². The maximum Gasteiger partial charge on any atom is 0.336 e. The van der Waals surface area contributed by atoms with Crippen molar-refractivity contribution in [3.8, 4) is 0 Å². The quantitative estimate of drug-likeness (QED) is 0.667. The summed E-state index contributed by atoms with van der Waals surface area (Å²) >= 11 is 12.5. The Morgan fingerprint density at radius 1 is 1.11 bits per heavy atom. The number of benzene rings is 1. The Kier molecular flexibility index (Phi) is 6.83. The van der Waals surface area contributed by atoms with Crippen LogP contribution in [0.2, 0.25) is 10.0 Å². The second-order valence-corrected chi connectivity index (χ2v) is 8.14. The molecule has 1 atom stereocenters. The highest BCUT2D eigenvalue weighted by Crippen LogP contribution is 2.39. The summed E-state index contributed by atoms with van der Waals surface area (Å²) in [7, 11) is 0. The molecule has 1 N–H and O–H groups in total. The number of carbonyl (C=O) groups excluding carboxylic acids is 2. The van der Waals surface area contributed by atoms with Gasteiger partial charge in [-0.2, -0.15) is 0 Å². The molecular formula is C21H25Cl2NO3. The van der Waals surface area contributed by atoms with E-state index >= 15 is 0 Å². The molecule has 6 heteroatoms. The Hall–Kier alpha value is -1.52. The lowest BCUT2D eigenvalue weighted by molar-refractivity contribution is -0.145. The van der Waals surface area contributed by atoms with Crippen molar-refractivity contribution in [3.05, 3.63) is 45.1 Å². The first-order valence-electron chi connectivity index (χ1n) is 9.63. The summed E-state index contributed by atoms with van der Waals surface area (Å²) in [5.74, 6) is -0.957. The van der Waals surface area contributed by atoms with E-state index in [-0.39, 0.29) is 24.4 Å². The fourth-order valence-electron chi connectivity index (χ4n) is 3.98. The number of ether oxygens (including phenoxy) is 1. The lowest BCUT2D eigenvalue weighted by Gasteiger charge is -2.29. The summed E-state index contributed by atoms with van der Waals surface area (Å²) in [6, 6.07) is 5.29. The molecular weight excluding hydrogens is 385 g/mol. The van der Waals surface area contributed by atoms with Gasteiger partial charge in [0.05, 0.1) is 15.6 Å². The van der Waals surface area contributed by atoms with Crippen LogP contribution in [0.1, 0.15) is 69.8 Å². The number of nitrogens with one attached hydrogen (secondary N) is 1. The minimum Gasteiger partial charge on any atom is -0.459 e. The molecule has 0 unspecified atom stereocenters. The van der Waals surface area contributed by atoms with Crippen LogP contribution in [-0.4, -0.2) is 18.0 Å². The van der Waals surface area contributed by atoms with Gasteiger partial charge in [-0.15, -0.1) is 0 Å². The molecule has 1 fully saturated rings. The molecule has 1 heterocycles. The first kappa shape index (κ1) is 20.2.